The third-order valence-corrected chi connectivity index (χ3v) is 7.97. The molecule has 9 nitrogen and oxygen atoms in total. The van der Waals surface area contributed by atoms with Crippen LogP contribution in [0.4, 0.5) is 23.1 Å². The molecular formula is C26H31N7O2S. The summed E-state index contributed by atoms with van der Waals surface area (Å²) in [7, 11) is -3.19. The fourth-order valence-corrected chi connectivity index (χ4v) is 5.08. The lowest BCUT2D eigenvalue weighted by atomic mass is 9.96. The molecular weight excluding hydrogens is 474 g/mol. The first-order valence-corrected chi connectivity index (χ1v) is 13.6. The van der Waals surface area contributed by atoms with Gasteiger partial charge in [0.2, 0.25) is 16.0 Å². The second-order valence-corrected chi connectivity index (χ2v) is 12.4. The first-order chi connectivity index (χ1) is 17.1. The third-order valence-electron chi connectivity index (χ3n) is 6.08. The van der Waals surface area contributed by atoms with Gasteiger partial charge in [0.1, 0.15) is 11.6 Å². The van der Waals surface area contributed by atoms with Crippen molar-refractivity contribution in [2.45, 2.75) is 57.7 Å². The van der Waals surface area contributed by atoms with Crippen molar-refractivity contribution < 1.29 is 8.42 Å². The molecule has 1 saturated carbocycles. The minimum Gasteiger partial charge on any atom is -0.342 e. The molecule has 5 rings (SSSR count). The van der Waals surface area contributed by atoms with Gasteiger partial charge in [-0.05, 0) is 55.7 Å². The summed E-state index contributed by atoms with van der Waals surface area (Å²) >= 11 is 0. The van der Waals surface area contributed by atoms with Crippen LogP contribution in [0.25, 0.3) is 11.0 Å². The van der Waals surface area contributed by atoms with Gasteiger partial charge in [-0.3, -0.25) is 0 Å². The number of imidazole rings is 1. The van der Waals surface area contributed by atoms with Crippen LogP contribution in [-0.4, -0.2) is 33.6 Å². The van der Waals surface area contributed by atoms with E-state index >= 15 is 0 Å². The molecule has 0 amide bonds. The zero-order chi connectivity index (χ0) is 25.5. The topological polar surface area (TPSA) is 125 Å². The normalized spacial score (nSPS) is 14.2. The van der Waals surface area contributed by atoms with Gasteiger partial charge < -0.3 is 15.6 Å². The Labute approximate surface area is 211 Å². The minimum atomic E-state index is -3.19. The number of aromatic amines is 1. The van der Waals surface area contributed by atoms with Crippen molar-refractivity contribution in [2.24, 2.45) is 0 Å². The smallest absolute Gasteiger partial charge is 0.229 e. The summed E-state index contributed by atoms with van der Waals surface area (Å²) in [4.78, 5) is 17.2. The van der Waals surface area contributed by atoms with Crippen molar-refractivity contribution in [2.75, 3.05) is 10.6 Å². The van der Waals surface area contributed by atoms with Crippen LogP contribution in [0.5, 0.6) is 0 Å². The minimum absolute atomic E-state index is 0.0593. The maximum Gasteiger partial charge on any atom is 0.229 e. The van der Waals surface area contributed by atoms with E-state index in [4.69, 9.17) is 4.98 Å². The second kappa shape index (κ2) is 9.18. The lowest BCUT2D eigenvalue weighted by Gasteiger charge is -2.13. The molecule has 36 heavy (non-hydrogen) atoms. The molecule has 0 unspecified atom stereocenters. The van der Waals surface area contributed by atoms with E-state index in [1.807, 2.05) is 49.4 Å². The van der Waals surface area contributed by atoms with Gasteiger partial charge in [-0.15, -0.1) is 0 Å². The quantitative estimate of drug-likeness (QED) is 0.265. The number of hydrogen-bond acceptors (Lipinski definition) is 7. The number of aromatic nitrogens is 4. The number of aryl methyl sites for hydroxylation is 1. The zero-order valence-electron chi connectivity index (χ0n) is 20.9. The molecule has 10 heteroatoms. The van der Waals surface area contributed by atoms with E-state index in [2.05, 4.69) is 51.1 Å². The van der Waals surface area contributed by atoms with E-state index in [9.17, 15) is 8.42 Å². The van der Waals surface area contributed by atoms with Gasteiger partial charge in [0.05, 0.1) is 16.3 Å². The molecule has 2 heterocycles. The summed E-state index contributed by atoms with van der Waals surface area (Å²) in [6, 6.07) is 13.6. The fourth-order valence-electron chi connectivity index (χ4n) is 3.72. The molecule has 0 aliphatic heterocycles. The number of benzene rings is 2. The maximum absolute atomic E-state index is 12.0. The SMILES string of the molecule is Cc1cnc(Nc2ccc3[nH]c(C(C)(C)C)nc3c2)nc1Nc1ccc(CNS(=O)(=O)C2CC2)cc1. The molecule has 0 spiro atoms. The summed E-state index contributed by atoms with van der Waals surface area (Å²) in [5.41, 5.74) is 5.31. The van der Waals surface area contributed by atoms with Crippen LogP contribution < -0.4 is 15.4 Å². The van der Waals surface area contributed by atoms with Gasteiger partial charge in [-0.2, -0.15) is 4.98 Å². The van der Waals surface area contributed by atoms with Crippen LogP contribution in [-0.2, 0) is 22.0 Å². The number of sulfonamides is 1. The molecule has 0 saturated heterocycles. The Kier molecular flexibility index (Phi) is 6.17. The average Bonchev–Trinajstić information content (AvgIpc) is 3.60. The summed E-state index contributed by atoms with van der Waals surface area (Å²) in [6.45, 7) is 8.61. The van der Waals surface area contributed by atoms with Crippen molar-refractivity contribution in [1.29, 1.82) is 0 Å². The van der Waals surface area contributed by atoms with Crippen molar-refractivity contribution >= 4 is 44.2 Å². The lowest BCUT2D eigenvalue weighted by molar-refractivity contribution is 0.554. The Hall–Kier alpha value is -3.50. The highest BCUT2D eigenvalue weighted by Crippen LogP contribution is 2.28. The number of hydrogen-bond donors (Lipinski definition) is 4. The molecule has 1 aliphatic rings. The van der Waals surface area contributed by atoms with Crippen molar-refractivity contribution in [3.63, 3.8) is 0 Å². The van der Waals surface area contributed by atoms with E-state index in [0.29, 0.717) is 11.8 Å². The molecule has 1 aliphatic carbocycles. The molecule has 2 aromatic heterocycles. The standard InChI is InChI=1S/C26H31N7O2S/c1-16-14-27-25(30-19-9-12-21-22(13-19)32-24(31-21)26(2,3)4)33-23(16)29-18-7-5-17(6-8-18)15-28-36(34,35)20-10-11-20/h5-9,12-14,20,28H,10-11,15H2,1-4H3,(H,31,32)(H2,27,29,30,33). The monoisotopic (exact) mass is 505 g/mol. The maximum atomic E-state index is 12.0. The first kappa shape index (κ1) is 24.2. The highest BCUT2D eigenvalue weighted by atomic mass is 32.2. The second-order valence-electron chi connectivity index (χ2n) is 10.3. The van der Waals surface area contributed by atoms with Crippen molar-refractivity contribution in [3.8, 4) is 0 Å². The van der Waals surface area contributed by atoms with E-state index in [-0.39, 0.29) is 17.2 Å². The van der Waals surface area contributed by atoms with Crippen molar-refractivity contribution in [3.05, 3.63) is 65.6 Å². The largest absolute Gasteiger partial charge is 0.342 e. The molecule has 1 fully saturated rings. The van der Waals surface area contributed by atoms with E-state index in [1.165, 1.54) is 0 Å². The Balaban J connectivity index is 1.27. The summed E-state index contributed by atoms with van der Waals surface area (Å²) in [5, 5.41) is 6.38. The van der Waals surface area contributed by atoms with Crippen LogP contribution in [0.15, 0.2) is 48.7 Å². The molecule has 0 radical (unpaired) electrons. The average molecular weight is 506 g/mol. The van der Waals surface area contributed by atoms with Gasteiger partial charge in [0, 0.05) is 35.1 Å². The van der Waals surface area contributed by atoms with Crippen LogP contribution in [0.3, 0.4) is 0 Å². The van der Waals surface area contributed by atoms with Gasteiger partial charge in [-0.25, -0.2) is 23.1 Å². The molecule has 0 bridgehead atoms. The molecule has 4 aromatic rings. The van der Waals surface area contributed by atoms with Gasteiger partial charge in [-0.1, -0.05) is 32.9 Å². The third kappa shape index (κ3) is 5.50. The predicted octanol–water partition coefficient (Wildman–Crippen LogP) is 5.03. The van der Waals surface area contributed by atoms with Crippen LogP contribution in [0.2, 0.25) is 0 Å². The number of nitrogens with one attached hydrogen (secondary N) is 4. The number of rotatable bonds is 8. The zero-order valence-corrected chi connectivity index (χ0v) is 21.7. The van der Waals surface area contributed by atoms with Gasteiger partial charge in [0.15, 0.2) is 0 Å². The molecule has 188 valence electrons. The Morgan fingerprint density at radius 1 is 1.00 bits per heavy atom. The number of H-pyrrole nitrogens is 1. The van der Waals surface area contributed by atoms with Crippen LogP contribution >= 0.6 is 0 Å². The van der Waals surface area contributed by atoms with E-state index in [1.54, 1.807) is 6.20 Å². The molecule has 2 aromatic carbocycles. The lowest BCUT2D eigenvalue weighted by Crippen LogP contribution is -2.26. The van der Waals surface area contributed by atoms with Crippen molar-refractivity contribution in [1.82, 2.24) is 24.7 Å². The first-order valence-electron chi connectivity index (χ1n) is 12.0. The highest BCUT2D eigenvalue weighted by Gasteiger charge is 2.35. The molecule has 4 N–H and O–H groups in total. The van der Waals surface area contributed by atoms with Crippen LogP contribution in [0, 0.1) is 6.92 Å². The Morgan fingerprint density at radius 3 is 2.42 bits per heavy atom. The summed E-state index contributed by atoms with van der Waals surface area (Å²) in [5.74, 6) is 2.10. The fraction of sp³-hybridized carbons (Fsp3) is 0.346. The Morgan fingerprint density at radius 2 is 1.72 bits per heavy atom. The number of fused-ring (bicyclic) bond motifs is 1. The summed E-state index contributed by atoms with van der Waals surface area (Å²) in [6.07, 6.45) is 3.27. The highest BCUT2D eigenvalue weighted by molar-refractivity contribution is 7.90. The van der Waals surface area contributed by atoms with E-state index < -0.39 is 10.0 Å². The molecule has 0 atom stereocenters. The van der Waals surface area contributed by atoms with E-state index in [0.717, 1.165) is 52.2 Å². The van der Waals surface area contributed by atoms with Gasteiger partial charge >= 0.3 is 0 Å². The van der Waals surface area contributed by atoms with Crippen LogP contribution in [0.1, 0.15) is 50.6 Å². The Bertz CT molecular complexity index is 1500. The number of nitrogens with zero attached hydrogens (tertiary/aromatic N) is 3. The van der Waals surface area contributed by atoms with Gasteiger partial charge in [0.25, 0.3) is 0 Å². The predicted molar refractivity (Wildman–Crippen MR) is 143 cm³/mol. The number of anilines is 4. The summed E-state index contributed by atoms with van der Waals surface area (Å²) < 4.78 is 26.7.